The van der Waals surface area contributed by atoms with Crippen LogP contribution in [-0.2, 0) is 14.3 Å². The second-order valence-corrected chi connectivity index (χ2v) is 4.96. The lowest BCUT2D eigenvalue weighted by Gasteiger charge is -2.30. The van der Waals surface area contributed by atoms with Gasteiger partial charge in [0.05, 0.1) is 19.2 Å². The van der Waals surface area contributed by atoms with Crippen molar-refractivity contribution in [3.8, 4) is 0 Å². The summed E-state index contributed by atoms with van der Waals surface area (Å²) in [4.78, 5) is 22.5. The molecule has 2 amide bonds. The van der Waals surface area contributed by atoms with Gasteiger partial charge in [-0.25, -0.2) is 0 Å². The third-order valence-corrected chi connectivity index (χ3v) is 3.11. The highest BCUT2D eigenvalue weighted by Crippen LogP contribution is 2.24. The van der Waals surface area contributed by atoms with E-state index in [9.17, 15) is 22.8 Å². The fourth-order valence-electron chi connectivity index (χ4n) is 2.17. The van der Waals surface area contributed by atoms with Crippen LogP contribution in [0.3, 0.4) is 0 Å². The monoisotopic (exact) mass is 311 g/mol. The molecule has 0 saturated heterocycles. The van der Waals surface area contributed by atoms with E-state index >= 15 is 0 Å². The number of carbonyl (C=O) groups excluding carboxylic acids is 2. The third kappa shape index (κ3) is 7.86. The lowest BCUT2D eigenvalue weighted by molar-refractivity contribution is -0.188. The van der Waals surface area contributed by atoms with Crippen LogP contribution in [0.25, 0.3) is 0 Å². The summed E-state index contributed by atoms with van der Waals surface area (Å²) >= 11 is 0. The van der Waals surface area contributed by atoms with Gasteiger partial charge < -0.3 is 21.1 Å². The number of carbonyl (C=O) groups is 2. The Bertz CT molecular complexity index is 363. The van der Waals surface area contributed by atoms with Gasteiger partial charge in [-0.05, 0) is 25.7 Å². The van der Waals surface area contributed by atoms with Crippen LogP contribution in [0.4, 0.5) is 13.2 Å². The van der Waals surface area contributed by atoms with Crippen molar-refractivity contribution < 1.29 is 27.5 Å². The molecule has 21 heavy (non-hydrogen) atoms. The average molecular weight is 311 g/mol. The van der Waals surface area contributed by atoms with Gasteiger partial charge >= 0.3 is 6.18 Å². The Morgan fingerprint density at radius 1 is 1.24 bits per heavy atom. The van der Waals surface area contributed by atoms with Gasteiger partial charge in [0, 0.05) is 6.04 Å². The molecule has 0 aromatic carbocycles. The van der Waals surface area contributed by atoms with Crippen LogP contribution in [0, 0.1) is 0 Å². The SMILES string of the molecule is NCC(=O)NCC(=O)NC1CCCC(OCC(F)(F)F)C1. The Labute approximate surface area is 120 Å². The van der Waals surface area contributed by atoms with E-state index in [-0.39, 0.29) is 19.1 Å². The molecular weight excluding hydrogens is 291 g/mol. The highest BCUT2D eigenvalue weighted by Gasteiger charge is 2.31. The van der Waals surface area contributed by atoms with Gasteiger partial charge in [-0.3, -0.25) is 9.59 Å². The van der Waals surface area contributed by atoms with Crippen molar-refractivity contribution in [2.24, 2.45) is 5.73 Å². The van der Waals surface area contributed by atoms with Crippen molar-refractivity contribution in [2.45, 2.75) is 44.0 Å². The van der Waals surface area contributed by atoms with E-state index in [2.05, 4.69) is 10.6 Å². The standard InChI is InChI=1S/C12H20F3N3O3/c13-12(14,15)7-21-9-3-1-2-8(4-9)18-11(20)6-17-10(19)5-16/h8-9H,1-7,16H2,(H,17,19)(H,18,20). The molecule has 6 nitrogen and oxygen atoms in total. The van der Waals surface area contributed by atoms with Crippen LogP contribution in [0.15, 0.2) is 0 Å². The van der Waals surface area contributed by atoms with Crippen LogP contribution in [0.5, 0.6) is 0 Å². The molecule has 2 atom stereocenters. The molecule has 0 bridgehead atoms. The molecule has 9 heteroatoms. The summed E-state index contributed by atoms with van der Waals surface area (Å²) in [6.07, 6.45) is -2.60. The molecule has 0 heterocycles. The highest BCUT2D eigenvalue weighted by molar-refractivity contribution is 5.85. The van der Waals surface area contributed by atoms with Gasteiger partial charge in [-0.2, -0.15) is 13.2 Å². The third-order valence-electron chi connectivity index (χ3n) is 3.11. The first-order valence-corrected chi connectivity index (χ1v) is 6.74. The Morgan fingerprint density at radius 2 is 1.95 bits per heavy atom. The molecule has 1 rings (SSSR count). The van der Waals surface area contributed by atoms with Crippen LogP contribution in [-0.4, -0.2) is 49.8 Å². The molecule has 2 unspecified atom stereocenters. The number of hydrogen-bond donors (Lipinski definition) is 3. The average Bonchev–Trinajstić information content (AvgIpc) is 2.42. The maximum Gasteiger partial charge on any atom is 0.411 e. The summed E-state index contributed by atoms with van der Waals surface area (Å²) < 4.78 is 41.1. The van der Waals surface area contributed by atoms with E-state index in [1.807, 2.05) is 0 Å². The minimum atomic E-state index is -4.34. The van der Waals surface area contributed by atoms with Gasteiger partial charge in [0.15, 0.2) is 0 Å². The minimum absolute atomic E-state index is 0.194. The molecule has 0 aromatic rings. The number of hydrogen-bond acceptors (Lipinski definition) is 4. The van der Waals surface area contributed by atoms with Gasteiger partial charge in [0.25, 0.3) is 0 Å². The topological polar surface area (TPSA) is 93.5 Å². The minimum Gasteiger partial charge on any atom is -0.369 e. The lowest BCUT2D eigenvalue weighted by Crippen LogP contribution is -2.46. The van der Waals surface area contributed by atoms with E-state index in [1.54, 1.807) is 0 Å². The molecule has 1 saturated carbocycles. The van der Waals surface area contributed by atoms with Crippen molar-refractivity contribution >= 4 is 11.8 Å². The summed E-state index contributed by atoms with van der Waals surface area (Å²) in [6.45, 7) is -1.67. The maximum atomic E-state index is 12.1. The number of rotatable bonds is 6. The predicted molar refractivity (Wildman–Crippen MR) is 68.3 cm³/mol. The molecule has 1 fully saturated rings. The summed E-state index contributed by atoms with van der Waals surface area (Å²) in [5.74, 6) is -0.835. The number of alkyl halides is 3. The molecule has 0 spiro atoms. The number of nitrogens with one attached hydrogen (secondary N) is 2. The predicted octanol–water partition coefficient (Wildman–Crippen LogP) is 0.0676. The van der Waals surface area contributed by atoms with E-state index in [0.29, 0.717) is 25.7 Å². The normalized spacial score (nSPS) is 22.7. The quantitative estimate of drug-likeness (QED) is 0.647. The highest BCUT2D eigenvalue weighted by atomic mass is 19.4. The van der Waals surface area contributed by atoms with Crippen LogP contribution in [0.1, 0.15) is 25.7 Å². The van der Waals surface area contributed by atoms with E-state index in [1.165, 1.54) is 0 Å². The maximum absolute atomic E-state index is 12.1. The second kappa shape index (κ2) is 8.18. The smallest absolute Gasteiger partial charge is 0.369 e. The summed E-state index contributed by atoms with van der Waals surface area (Å²) in [5.41, 5.74) is 5.08. The summed E-state index contributed by atoms with van der Waals surface area (Å²) in [5, 5.41) is 4.99. The molecule has 122 valence electrons. The Morgan fingerprint density at radius 3 is 2.57 bits per heavy atom. The van der Waals surface area contributed by atoms with Crippen LogP contribution in [0.2, 0.25) is 0 Å². The molecule has 0 aliphatic heterocycles. The van der Waals surface area contributed by atoms with Crippen molar-refractivity contribution in [2.75, 3.05) is 19.7 Å². The zero-order chi connectivity index (χ0) is 15.9. The largest absolute Gasteiger partial charge is 0.411 e. The molecule has 0 radical (unpaired) electrons. The summed E-state index contributed by atoms with van der Waals surface area (Å²) in [7, 11) is 0. The molecule has 1 aliphatic rings. The van der Waals surface area contributed by atoms with Crippen molar-refractivity contribution in [3.63, 3.8) is 0 Å². The second-order valence-electron chi connectivity index (χ2n) is 4.96. The lowest BCUT2D eigenvalue weighted by atomic mass is 9.93. The van der Waals surface area contributed by atoms with Crippen molar-refractivity contribution in [1.82, 2.24) is 10.6 Å². The zero-order valence-electron chi connectivity index (χ0n) is 11.5. The molecular formula is C12H20F3N3O3. The summed E-state index contributed by atoms with van der Waals surface area (Å²) in [6, 6.07) is -0.237. The van der Waals surface area contributed by atoms with Gasteiger partial charge in [0.1, 0.15) is 6.61 Å². The zero-order valence-corrected chi connectivity index (χ0v) is 11.5. The fraction of sp³-hybridized carbons (Fsp3) is 0.833. The first-order chi connectivity index (χ1) is 9.80. The number of ether oxygens (including phenoxy) is 1. The van der Waals surface area contributed by atoms with E-state index in [0.717, 1.165) is 0 Å². The fourth-order valence-corrected chi connectivity index (χ4v) is 2.17. The van der Waals surface area contributed by atoms with Crippen molar-refractivity contribution in [1.29, 1.82) is 0 Å². The van der Waals surface area contributed by atoms with Gasteiger partial charge in [0.2, 0.25) is 11.8 Å². The first-order valence-electron chi connectivity index (χ1n) is 6.74. The molecule has 0 aromatic heterocycles. The Balaban J connectivity index is 2.29. The number of halogens is 3. The van der Waals surface area contributed by atoms with Crippen molar-refractivity contribution in [3.05, 3.63) is 0 Å². The Kier molecular flexibility index (Phi) is 6.90. The Hall–Kier alpha value is -1.35. The van der Waals surface area contributed by atoms with Gasteiger partial charge in [-0.1, -0.05) is 0 Å². The van der Waals surface area contributed by atoms with Crippen LogP contribution >= 0.6 is 0 Å². The first kappa shape index (κ1) is 17.7. The molecule has 1 aliphatic carbocycles. The van der Waals surface area contributed by atoms with Crippen LogP contribution < -0.4 is 16.4 Å². The van der Waals surface area contributed by atoms with E-state index < -0.39 is 30.7 Å². The molecule has 4 N–H and O–H groups in total. The number of amides is 2. The number of nitrogens with two attached hydrogens (primary N) is 1. The van der Waals surface area contributed by atoms with Gasteiger partial charge in [-0.15, -0.1) is 0 Å². The van der Waals surface area contributed by atoms with E-state index in [4.69, 9.17) is 10.5 Å².